The first-order valence-corrected chi connectivity index (χ1v) is 7.60. The first-order chi connectivity index (χ1) is 10.8. The van der Waals surface area contributed by atoms with Crippen LogP contribution < -0.4 is 9.47 Å². The van der Waals surface area contributed by atoms with E-state index in [9.17, 15) is 0 Å². The minimum Gasteiger partial charge on any atom is -0.488 e. The SMILES string of the molecule is CC(/C(C)=C1\COc2ccccc21)=C1/COc2ccccc21. The van der Waals surface area contributed by atoms with Crippen LogP contribution in [0.5, 0.6) is 11.5 Å². The van der Waals surface area contributed by atoms with Gasteiger partial charge in [0.2, 0.25) is 0 Å². The number of hydrogen-bond acceptors (Lipinski definition) is 2. The van der Waals surface area contributed by atoms with Crippen molar-refractivity contribution in [1.29, 1.82) is 0 Å². The summed E-state index contributed by atoms with van der Waals surface area (Å²) in [4.78, 5) is 0. The van der Waals surface area contributed by atoms with Gasteiger partial charge in [0.05, 0.1) is 0 Å². The molecular weight excluding hydrogens is 272 g/mol. The van der Waals surface area contributed by atoms with Gasteiger partial charge in [-0.25, -0.2) is 0 Å². The second-order valence-electron chi connectivity index (χ2n) is 5.78. The van der Waals surface area contributed by atoms with Crippen LogP contribution in [0.25, 0.3) is 11.1 Å². The Morgan fingerprint density at radius 3 is 1.55 bits per heavy atom. The van der Waals surface area contributed by atoms with Gasteiger partial charge in [-0.15, -0.1) is 0 Å². The first-order valence-electron chi connectivity index (χ1n) is 7.60. The standard InChI is InChI=1S/C20H18O2/c1-13(17-11-21-19-9-5-3-7-15(17)19)14(2)18-12-22-20-10-6-4-8-16(18)20/h3-10H,11-12H2,1-2H3/b17-13+,18-14+. The summed E-state index contributed by atoms with van der Waals surface area (Å²) in [7, 11) is 0. The van der Waals surface area contributed by atoms with Crippen molar-refractivity contribution in [2.24, 2.45) is 0 Å². The van der Waals surface area contributed by atoms with Crippen molar-refractivity contribution in [2.45, 2.75) is 13.8 Å². The number of rotatable bonds is 1. The summed E-state index contributed by atoms with van der Waals surface area (Å²) < 4.78 is 11.6. The Labute approximate surface area is 130 Å². The van der Waals surface area contributed by atoms with Crippen molar-refractivity contribution in [3.8, 4) is 11.5 Å². The van der Waals surface area contributed by atoms with Crippen LogP contribution in [-0.4, -0.2) is 13.2 Å². The predicted molar refractivity (Wildman–Crippen MR) is 89.1 cm³/mol. The highest BCUT2D eigenvalue weighted by Gasteiger charge is 2.23. The first kappa shape index (κ1) is 13.2. The molecule has 0 aliphatic carbocycles. The average molecular weight is 290 g/mol. The number of para-hydroxylation sites is 2. The van der Waals surface area contributed by atoms with Crippen LogP contribution in [0.3, 0.4) is 0 Å². The zero-order chi connectivity index (χ0) is 15.1. The molecule has 0 aromatic heterocycles. The molecule has 0 N–H and O–H groups in total. The fourth-order valence-corrected chi connectivity index (χ4v) is 3.21. The van der Waals surface area contributed by atoms with Gasteiger partial charge in [0.15, 0.2) is 0 Å². The van der Waals surface area contributed by atoms with Crippen molar-refractivity contribution in [2.75, 3.05) is 13.2 Å². The van der Waals surface area contributed by atoms with Gasteiger partial charge in [-0.1, -0.05) is 36.4 Å². The van der Waals surface area contributed by atoms with Gasteiger partial charge in [0.1, 0.15) is 24.7 Å². The lowest BCUT2D eigenvalue weighted by Gasteiger charge is -2.10. The summed E-state index contributed by atoms with van der Waals surface area (Å²) in [6.07, 6.45) is 0. The monoisotopic (exact) mass is 290 g/mol. The van der Waals surface area contributed by atoms with E-state index in [0.717, 1.165) is 11.5 Å². The zero-order valence-corrected chi connectivity index (χ0v) is 12.8. The van der Waals surface area contributed by atoms with Crippen molar-refractivity contribution < 1.29 is 9.47 Å². The lowest BCUT2D eigenvalue weighted by Crippen LogP contribution is -1.97. The maximum absolute atomic E-state index is 5.80. The van der Waals surface area contributed by atoms with Crippen LogP contribution in [0.15, 0.2) is 59.7 Å². The molecule has 4 rings (SSSR count). The fourth-order valence-electron chi connectivity index (χ4n) is 3.21. The van der Waals surface area contributed by atoms with Crippen molar-refractivity contribution in [3.63, 3.8) is 0 Å². The molecule has 2 aromatic rings. The normalized spacial score (nSPS) is 19.9. The zero-order valence-electron chi connectivity index (χ0n) is 12.8. The molecule has 110 valence electrons. The number of benzene rings is 2. The van der Waals surface area contributed by atoms with Gasteiger partial charge >= 0.3 is 0 Å². The smallest absolute Gasteiger partial charge is 0.127 e. The van der Waals surface area contributed by atoms with E-state index in [4.69, 9.17) is 9.47 Å². The number of allylic oxidation sites excluding steroid dienone is 2. The van der Waals surface area contributed by atoms with Gasteiger partial charge in [0, 0.05) is 22.3 Å². The topological polar surface area (TPSA) is 18.5 Å². The van der Waals surface area contributed by atoms with Crippen LogP contribution in [-0.2, 0) is 0 Å². The molecule has 0 fully saturated rings. The summed E-state index contributed by atoms with van der Waals surface area (Å²) in [5.41, 5.74) is 7.58. The lowest BCUT2D eigenvalue weighted by molar-refractivity contribution is 0.387. The van der Waals surface area contributed by atoms with Crippen LogP contribution in [0.1, 0.15) is 25.0 Å². The number of ether oxygens (including phenoxy) is 2. The third kappa shape index (κ3) is 1.95. The van der Waals surface area contributed by atoms with E-state index in [1.165, 1.54) is 33.4 Å². The van der Waals surface area contributed by atoms with Crippen LogP contribution >= 0.6 is 0 Å². The molecule has 2 heteroatoms. The Hall–Kier alpha value is -2.48. The Kier molecular flexibility index (Phi) is 3.04. The Morgan fingerprint density at radius 2 is 1.09 bits per heavy atom. The summed E-state index contributed by atoms with van der Waals surface area (Å²) in [6, 6.07) is 16.5. The van der Waals surface area contributed by atoms with Gasteiger partial charge in [-0.05, 0) is 37.1 Å². The van der Waals surface area contributed by atoms with Crippen molar-refractivity contribution >= 4 is 11.1 Å². The van der Waals surface area contributed by atoms with Gasteiger partial charge in [-0.2, -0.15) is 0 Å². The molecule has 0 spiro atoms. The second kappa shape index (κ2) is 5.06. The third-order valence-corrected chi connectivity index (χ3v) is 4.64. The van der Waals surface area contributed by atoms with E-state index in [-0.39, 0.29) is 0 Å². The molecule has 0 atom stereocenters. The van der Waals surface area contributed by atoms with Gasteiger partial charge in [0.25, 0.3) is 0 Å². The Bertz CT molecular complexity index is 742. The summed E-state index contributed by atoms with van der Waals surface area (Å²) >= 11 is 0. The molecular formula is C20H18O2. The van der Waals surface area contributed by atoms with Gasteiger partial charge < -0.3 is 9.47 Å². The molecule has 0 unspecified atom stereocenters. The van der Waals surface area contributed by atoms with E-state index in [1.54, 1.807) is 0 Å². The summed E-state index contributed by atoms with van der Waals surface area (Å²) in [5.74, 6) is 1.97. The molecule has 2 aromatic carbocycles. The second-order valence-corrected chi connectivity index (χ2v) is 5.78. The Balaban J connectivity index is 1.83. The third-order valence-electron chi connectivity index (χ3n) is 4.64. The summed E-state index contributed by atoms with van der Waals surface area (Å²) in [6.45, 7) is 5.67. The molecule has 0 amide bonds. The maximum atomic E-state index is 5.80. The summed E-state index contributed by atoms with van der Waals surface area (Å²) in [5, 5.41) is 0. The molecule has 0 saturated carbocycles. The molecule has 2 aliphatic rings. The molecule has 2 aliphatic heterocycles. The molecule has 2 nitrogen and oxygen atoms in total. The average Bonchev–Trinajstić information content (AvgIpc) is 3.17. The fraction of sp³-hybridized carbons (Fsp3) is 0.200. The van der Waals surface area contributed by atoms with E-state index >= 15 is 0 Å². The van der Waals surface area contributed by atoms with E-state index in [0.29, 0.717) is 13.2 Å². The predicted octanol–water partition coefficient (Wildman–Crippen LogP) is 4.72. The van der Waals surface area contributed by atoms with Crippen molar-refractivity contribution in [3.05, 3.63) is 70.8 Å². The Morgan fingerprint density at radius 1 is 0.682 bits per heavy atom. The number of hydrogen-bond donors (Lipinski definition) is 0. The lowest BCUT2D eigenvalue weighted by atomic mass is 9.92. The van der Waals surface area contributed by atoms with Crippen molar-refractivity contribution in [1.82, 2.24) is 0 Å². The largest absolute Gasteiger partial charge is 0.488 e. The van der Waals surface area contributed by atoms with E-state index in [1.807, 2.05) is 24.3 Å². The molecule has 22 heavy (non-hydrogen) atoms. The molecule has 0 radical (unpaired) electrons. The van der Waals surface area contributed by atoms with E-state index < -0.39 is 0 Å². The molecule has 2 heterocycles. The minimum absolute atomic E-state index is 0.651. The highest BCUT2D eigenvalue weighted by molar-refractivity contribution is 5.85. The van der Waals surface area contributed by atoms with E-state index in [2.05, 4.69) is 38.1 Å². The molecule has 0 saturated heterocycles. The number of fused-ring (bicyclic) bond motifs is 2. The quantitative estimate of drug-likeness (QED) is 0.756. The minimum atomic E-state index is 0.651. The van der Waals surface area contributed by atoms with Gasteiger partial charge in [-0.3, -0.25) is 0 Å². The van der Waals surface area contributed by atoms with Crippen LogP contribution in [0.4, 0.5) is 0 Å². The van der Waals surface area contributed by atoms with Crippen LogP contribution in [0.2, 0.25) is 0 Å². The highest BCUT2D eigenvalue weighted by Crippen LogP contribution is 2.40. The molecule has 0 bridgehead atoms. The van der Waals surface area contributed by atoms with Crippen LogP contribution in [0, 0.1) is 0 Å². The maximum Gasteiger partial charge on any atom is 0.127 e. The highest BCUT2D eigenvalue weighted by atomic mass is 16.5.